The molecule has 0 saturated heterocycles. The Morgan fingerprint density at radius 3 is 2.59 bits per heavy atom. The highest BCUT2D eigenvalue weighted by Crippen LogP contribution is 2.26. The third-order valence-corrected chi connectivity index (χ3v) is 5.76. The van der Waals surface area contributed by atoms with Crippen molar-refractivity contribution in [1.82, 2.24) is 4.31 Å². The van der Waals surface area contributed by atoms with Crippen LogP contribution in [-0.2, 0) is 14.8 Å². The van der Waals surface area contributed by atoms with Gasteiger partial charge in [-0.05, 0) is 19.9 Å². The molecule has 0 radical (unpaired) electrons. The summed E-state index contributed by atoms with van der Waals surface area (Å²) in [6, 6.07) is 1.38. The van der Waals surface area contributed by atoms with E-state index < -0.39 is 10.0 Å². The maximum absolute atomic E-state index is 12.3. The highest BCUT2D eigenvalue weighted by molar-refractivity contribution is 7.91. The third kappa shape index (κ3) is 3.41. The number of methoxy groups -OCH3 is 1. The lowest BCUT2D eigenvalue weighted by atomic mass is 10.4. The fourth-order valence-electron chi connectivity index (χ4n) is 1.42. The molecule has 17 heavy (non-hydrogen) atoms. The van der Waals surface area contributed by atoms with Crippen molar-refractivity contribution in [1.29, 1.82) is 0 Å². The van der Waals surface area contributed by atoms with Gasteiger partial charge in [-0.1, -0.05) is 0 Å². The molecule has 1 aromatic heterocycles. The van der Waals surface area contributed by atoms with Crippen LogP contribution < -0.4 is 5.73 Å². The minimum absolute atomic E-state index is 0.113. The van der Waals surface area contributed by atoms with E-state index in [0.29, 0.717) is 18.8 Å². The molecule has 0 aliphatic heterocycles. The summed E-state index contributed by atoms with van der Waals surface area (Å²) < 4.78 is 31.3. The quantitative estimate of drug-likeness (QED) is 0.853. The second-order valence-corrected chi connectivity index (χ2v) is 6.93. The van der Waals surface area contributed by atoms with Gasteiger partial charge >= 0.3 is 0 Å². The number of rotatable bonds is 6. The number of hydrogen-bond acceptors (Lipinski definition) is 5. The van der Waals surface area contributed by atoms with Crippen molar-refractivity contribution >= 4 is 27.0 Å². The van der Waals surface area contributed by atoms with Crippen LogP contribution in [0.2, 0.25) is 0 Å². The molecule has 0 aliphatic carbocycles. The zero-order valence-corrected chi connectivity index (χ0v) is 11.8. The second-order valence-electron chi connectivity index (χ2n) is 3.90. The smallest absolute Gasteiger partial charge is 0.252 e. The molecule has 1 heterocycles. The summed E-state index contributed by atoms with van der Waals surface area (Å²) in [4.78, 5) is 0. The standard InChI is InChI=1S/C10H18N2O3S2/c1-8(2)12(4-5-15-3)17(13,14)10-6-9(11)7-16-10/h6-8H,4-5,11H2,1-3H3. The molecule has 0 saturated carbocycles. The third-order valence-electron chi connectivity index (χ3n) is 2.25. The van der Waals surface area contributed by atoms with Gasteiger partial charge in [0.25, 0.3) is 10.0 Å². The minimum atomic E-state index is -3.46. The summed E-state index contributed by atoms with van der Waals surface area (Å²) in [7, 11) is -1.91. The molecule has 0 aliphatic rings. The van der Waals surface area contributed by atoms with Gasteiger partial charge in [-0.3, -0.25) is 0 Å². The molecule has 7 heteroatoms. The van der Waals surface area contributed by atoms with Gasteiger partial charge in [0.2, 0.25) is 0 Å². The van der Waals surface area contributed by atoms with Gasteiger partial charge in [-0.25, -0.2) is 8.42 Å². The van der Waals surface area contributed by atoms with E-state index in [0.717, 1.165) is 11.3 Å². The summed E-state index contributed by atoms with van der Waals surface area (Å²) in [6.07, 6.45) is 0. The molecule has 0 atom stereocenters. The lowest BCUT2D eigenvalue weighted by Gasteiger charge is -2.24. The van der Waals surface area contributed by atoms with Crippen LogP contribution in [0.1, 0.15) is 13.8 Å². The first-order chi connectivity index (χ1) is 7.89. The molecule has 1 rings (SSSR count). The first kappa shape index (κ1) is 14.4. The highest BCUT2D eigenvalue weighted by atomic mass is 32.2. The fraction of sp³-hybridized carbons (Fsp3) is 0.600. The number of anilines is 1. The van der Waals surface area contributed by atoms with E-state index in [4.69, 9.17) is 10.5 Å². The Morgan fingerprint density at radius 2 is 2.18 bits per heavy atom. The molecule has 2 N–H and O–H groups in total. The summed E-state index contributed by atoms with van der Waals surface area (Å²) in [5.41, 5.74) is 6.03. The Labute approximate surface area is 106 Å². The van der Waals surface area contributed by atoms with Crippen molar-refractivity contribution in [2.45, 2.75) is 24.1 Å². The van der Waals surface area contributed by atoms with Gasteiger partial charge in [-0.2, -0.15) is 4.31 Å². The molecular formula is C10H18N2O3S2. The lowest BCUT2D eigenvalue weighted by molar-refractivity contribution is 0.171. The van der Waals surface area contributed by atoms with E-state index in [1.165, 1.54) is 10.4 Å². The van der Waals surface area contributed by atoms with E-state index in [1.54, 1.807) is 12.5 Å². The van der Waals surface area contributed by atoms with Crippen LogP contribution in [0.3, 0.4) is 0 Å². The number of nitrogen functional groups attached to an aromatic ring is 1. The van der Waals surface area contributed by atoms with Crippen LogP contribution in [0.4, 0.5) is 5.69 Å². The van der Waals surface area contributed by atoms with E-state index in [1.807, 2.05) is 13.8 Å². The predicted octanol–water partition coefficient (Wildman–Crippen LogP) is 1.38. The molecule has 0 bridgehead atoms. The molecule has 0 spiro atoms. The maximum Gasteiger partial charge on any atom is 0.252 e. The largest absolute Gasteiger partial charge is 0.398 e. The molecule has 98 valence electrons. The Hall–Kier alpha value is -0.630. The molecule has 0 fully saturated rings. The van der Waals surface area contributed by atoms with Crippen LogP contribution in [-0.4, -0.2) is 39.0 Å². The summed E-state index contributed by atoms with van der Waals surface area (Å²) >= 11 is 1.14. The first-order valence-corrected chi connectivity index (χ1v) is 7.56. The van der Waals surface area contributed by atoms with E-state index in [9.17, 15) is 8.42 Å². The van der Waals surface area contributed by atoms with Crippen LogP contribution in [0.5, 0.6) is 0 Å². The SMILES string of the molecule is COCCN(C(C)C)S(=O)(=O)c1cc(N)cs1. The average molecular weight is 278 g/mol. The van der Waals surface area contributed by atoms with Gasteiger partial charge in [0.1, 0.15) is 4.21 Å². The number of nitrogens with two attached hydrogens (primary N) is 1. The summed E-state index contributed by atoms with van der Waals surface area (Å²) in [5.74, 6) is 0. The van der Waals surface area contributed by atoms with Crippen molar-refractivity contribution in [2.24, 2.45) is 0 Å². The topological polar surface area (TPSA) is 72.6 Å². The highest BCUT2D eigenvalue weighted by Gasteiger charge is 2.27. The van der Waals surface area contributed by atoms with Crippen LogP contribution >= 0.6 is 11.3 Å². The molecule has 5 nitrogen and oxygen atoms in total. The zero-order chi connectivity index (χ0) is 13.1. The Bertz CT molecular complexity index is 454. The Balaban J connectivity index is 3.00. The second kappa shape index (κ2) is 5.81. The van der Waals surface area contributed by atoms with Crippen molar-refractivity contribution in [2.75, 3.05) is 26.0 Å². The summed E-state index contributed by atoms with van der Waals surface area (Å²) in [6.45, 7) is 4.39. The van der Waals surface area contributed by atoms with E-state index in [2.05, 4.69) is 0 Å². The summed E-state index contributed by atoms with van der Waals surface area (Å²) in [5, 5.41) is 1.63. The van der Waals surface area contributed by atoms with Crippen molar-refractivity contribution in [3.8, 4) is 0 Å². The van der Waals surface area contributed by atoms with Gasteiger partial charge < -0.3 is 10.5 Å². The van der Waals surface area contributed by atoms with Crippen LogP contribution in [0, 0.1) is 0 Å². The van der Waals surface area contributed by atoms with Crippen molar-refractivity contribution < 1.29 is 13.2 Å². The van der Waals surface area contributed by atoms with E-state index >= 15 is 0 Å². The van der Waals surface area contributed by atoms with Crippen molar-refractivity contribution in [3.05, 3.63) is 11.4 Å². The number of ether oxygens (including phenoxy) is 1. The van der Waals surface area contributed by atoms with E-state index in [-0.39, 0.29) is 10.3 Å². The number of hydrogen-bond donors (Lipinski definition) is 1. The Morgan fingerprint density at radius 1 is 1.53 bits per heavy atom. The Kier molecular flexibility index (Phi) is 4.93. The lowest BCUT2D eigenvalue weighted by Crippen LogP contribution is -2.38. The molecular weight excluding hydrogens is 260 g/mol. The number of sulfonamides is 1. The van der Waals surface area contributed by atoms with Crippen LogP contribution in [0.15, 0.2) is 15.7 Å². The normalized spacial score (nSPS) is 12.5. The monoisotopic (exact) mass is 278 g/mol. The van der Waals surface area contributed by atoms with Gasteiger partial charge in [0.05, 0.1) is 6.61 Å². The first-order valence-electron chi connectivity index (χ1n) is 5.24. The van der Waals surface area contributed by atoms with Gasteiger partial charge in [0, 0.05) is 30.8 Å². The van der Waals surface area contributed by atoms with Gasteiger partial charge in [-0.15, -0.1) is 11.3 Å². The maximum atomic E-state index is 12.3. The molecule has 1 aromatic rings. The molecule has 0 unspecified atom stereocenters. The number of thiophene rings is 1. The molecule has 0 aromatic carbocycles. The number of nitrogens with zero attached hydrogens (tertiary/aromatic N) is 1. The van der Waals surface area contributed by atoms with Crippen molar-refractivity contribution in [3.63, 3.8) is 0 Å². The zero-order valence-electron chi connectivity index (χ0n) is 10.2. The average Bonchev–Trinajstić information content (AvgIpc) is 2.65. The molecule has 0 amide bonds. The van der Waals surface area contributed by atoms with Crippen LogP contribution in [0.25, 0.3) is 0 Å². The minimum Gasteiger partial charge on any atom is -0.398 e. The predicted molar refractivity (Wildman–Crippen MR) is 69.6 cm³/mol. The fourth-order valence-corrected chi connectivity index (χ4v) is 4.25. The van der Waals surface area contributed by atoms with Gasteiger partial charge in [0.15, 0.2) is 0 Å².